The minimum absolute atomic E-state index is 0.00133. The van der Waals surface area contributed by atoms with Gasteiger partial charge < -0.3 is 5.73 Å². The first kappa shape index (κ1) is 14.6. The van der Waals surface area contributed by atoms with Crippen molar-refractivity contribution >= 4 is 27.3 Å². The Morgan fingerprint density at radius 2 is 2.05 bits per heavy atom. The maximum absolute atomic E-state index is 12.6. The molecule has 1 aliphatic rings. The number of sulfonamides is 1. The van der Waals surface area contributed by atoms with Crippen LogP contribution in [0.25, 0.3) is 0 Å². The van der Waals surface area contributed by atoms with E-state index in [9.17, 15) is 8.42 Å². The van der Waals surface area contributed by atoms with Crippen LogP contribution in [0.4, 0.5) is 5.69 Å². The topological polar surface area (TPSA) is 63.4 Å². The molecule has 1 aromatic carbocycles. The summed E-state index contributed by atoms with van der Waals surface area (Å²) in [5, 5.41) is 0.379. The SMILES string of the molecule is CC1(C)CCCN(S(=O)(=O)c2cc(Cl)ccc2N)C1. The van der Waals surface area contributed by atoms with Gasteiger partial charge in [-0.1, -0.05) is 25.4 Å². The monoisotopic (exact) mass is 302 g/mol. The van der Waals surface area contributed by atoms with Gasteiger partial charge >= 0.3 is 0 Å². The van der Waals surface area contributed by atoms with E-state index in [1.165, 1.54) is 16.4 Å². The van der Waals surface area contributed by atoms with E-state index in [1.54, 1.807) is 6.07 Å². The molecule has 2 N–H and O–H groups in total. The van der Waals surface area contributed by atoms with Crippen molar-refractivity contribution in [3.8, 4) is 0 Å². The molecule has 0 amide bonds. The van der Waals surface area contributed by atoms with Gasteiger partial charge in [0.15, 0.2) is 0 Å². The molecule has 19 heavy (non-hydrogen) atoms. The van der Waals surface area contributed by atoms with Crippen LogP contribution < -0.4 is 5.73 Å². The molecule has 0 bridgehead atoms. The summed E-state index contributed by atoms with van der Waals surface area (Å²) >= 11 is 5.88. The van der Waals surface area contributed by atoms with Gasteiger partial charge in [0.1, 0.15) is 4.90 Å². The number of hydrogen-bond donors (Lipinski definition) is 1. The third-order valence-electron chi connectivity index (χ3n) is 3.46. The normalized spacial score (nSPS) is 20.4. The lowest BCUT2D eigenvalue weighted by Gasteiger charge is -2.37. The number of rotatable bonds is 2. The lowest BCUT2D eigenvalue weighted by molar-refractivity contribution is 0.187. The van der Waals surface area contributed by atoms with E-state index in [4.69, 9.17) is 17.3 Å². The van der Waals surface area contributed by atoms with Gasteiger partial charge in [-0.2, -0.15) is 4.31 Å². The van der Waals surface area contributed by atoms with Crippen LogP contribution in [0, 0.1) is 5.41 Å². The Labute approximate surface area is 119 Å². The molecule has 1 aromatic rings. The van der Waals surface area contributed by atoms with Gasteiger partial charge in [0, 0.05) is 18.1 Å². The highest BCUT2D eigenvalue weighted by Crippen LogP contribution is 2.33. The second-order valence-corrected chi connectivity index (χ2v) is 8.13. The maximum Gasteiger partial charge on any atom is 0.245 e. The Balaban J connectivity index is 2.39. The van der Waals surface area contributed by atoms with Gasteiger partial charge in [-0.15, -0.1) is 0 Å². The van der Waals surface area contributed by atoms with Gasteiger partial charge in [0.05, 0.1) is 5.69 Å². The van der Waals surface area contributed by atoms with E-state index in [0.717, 1.165) is 12.8 Å². The molecule has 0 radical (unpaired) electrons. The van der Waals surface area contributed by atoms with Gasteiger partial charge in [0.25, 0.3) is 0 Å². The fourth-order valence-electron chi connectivity index (χ4n) is 2.45. The summed E-state index contributed by atoms with van der Waals surface area (Å²) in [7, 11) is -3.56. The van der Waals surface area contributed by atoms with Crippen molar-refractivity contribution in [1.82, 2.24) is 4.31 Å². The second kappa shape index (κ2) is 4.96. The first-order valence-electron chi connectivity index (χ1n) is 6.28. The summed E-state index contributed by atoms with van der Waals surface area (Å²) in [4.78, 5) is 0.109. The molecule has 0 saturated carbocycles. The van der Waals surface area contributed by atoms with Crippen molar-refractivity contribution in [2.24, 2.45) is 5.41 Å². The minimum Gasteiger partial charge on any atom is -0.398 e. The summed E-state index contributed by atoms with van der Waals surface area (Å²) in [6, 6.07) is 4.55. The van der Waals surface area contributed by atoms with E-state index in [-0.39, 0.29) is 16.0 Å². The molecule has 1 saturated heterocycles. The van der Waals surface area contributed by atoms with Crippen LogP contribution >= 0.6 is 11.6 Å². The predicted octanol–water partition coefficient (Wildman–Crippen LogP) is 2.73. The van der Waals surface area contributed by atoms with Crippen LogP contribution in [0.15, 0.2) is 23.1 Å². The van der Waals surface area contributed by atoms with Crippen molar-refractivity contribution in [2.45, 2.75) is 31.6 Å². The van der Waals surface area contributed by atoms with E-state index in [2.05, 4.69) is 13.8 Å². The number of nitrogens with two attached hydrogens (primary N) is 1. The Morgan fingerprint density at radius 3 is 2.68 bits per heavy atom. The maximum atomic E-state index is 12.6. The van der Waals surface area contributed by atoms with Crippen LogP contribution in [-0.4, -0.2) is 25.8 Å². The molecule has 1 heterocycles. The van der Waals surface area contributed by atoms with Crippen molar-refractivity contribution in [1.29, 1.82) is 0 Å². The highest BCUT2D eigenvalue weighted by Gasteiger charge is 2.34. The Morgan fingerprint density at radius 1 is 1.37 bits per heavy atom. The zero-order valence-electron chi connectivity index (χ0n) is 11.2. The molecular formula is C13H19ClN2O2S. The molecule has 0 aromatic heterocycles. The fourth-order valence-corrected chi connectivity index (χ4v) is 4.49. The standard InChI is InChI=1S/C13H19ClN2O2S/c1-13(2)6-3-7-16(9-13)19(17,18)12-8-10(14)4-5-11(12)15/h4-5,8H,3,6-7,9,15H2,1-2H3. The molecule has 0 aliphatic carbocycles. The van der Waals surface area contributed by atoms with Crippen molar-refractivity contribution in [3.63, 3.8) is 0 Å². The van der Waals surface area contributed by atoms with Crippen LogP contribution in [0.5, 0.6) is 0 Å². The number of anilines is 1. The van der Waals surface area contributed by atoms with E-state index in [1.807, 2.05) is 0 Å². The van der Waals surface area contributed by atoms with Crippen LogP contribution in [0.3, 0.4) is 0 Å². The number of benzene rings is 1. The number of piperidine rings is 1. The fraction of sp³-hybridized carbons (Fsp3) is 0.538. The van der Waals surface area contributed by atoms with Crippen LogP contribution in [0.1, 0.15) is 26.7 Å². The van der Waals surface area contributed by atoms with Gasteiger partial charge in [-0.05, 0) is 36.5 Å². The smallest absolute Gasteiger partial charge is 0.245 e. The summed E-state index contributed by atoms with van der Waals surface area (Å²) < 4.78 is 26.8. The molecule has 4 nitrogen and oxygen atoms in total. The third kappa shape index (κ3) is 3.04. The van der Waals surface area contributed by atoms with Crippen molar-refractivity contribution in [2.75, 3.05) is 18.8 Å². The van der Waals surface area contributed by atoms with E-state index < -0.39 is 10.0 Å². The number of halogens is 1. The number of nitrogens with zero attached hydrogens (tertiary/aromatic N) is 1. The van der Waals surface area contributed by atoms with E-state index >= 15 is 0 Å². The van der Waals surface area contributed by atoms with Crippen LogP contribution in [0.2, 0.25) is 5.02 Å². The average molecular weight is 303 g/mol. The largest absolute Gasteiger partial charge is 0.398 e. The van der Waals surface area contributed by atoms with Crippen molar-refractivity contribution in [3.05, 3.63) is 23.2 Å². The van der Waals surface area contributed by atoms with Gasteiger partial charge in [-0.25, -0.2) is 8.42 Å². The minimum atomic E-state index is -3.56. The molecule has 1 fully saturated rings. The van der Waals surface area contributed by atoms with Crippen molar-refractivity contribution < 1.29 is 8.42 Å². The molecule has 0 unspecified atom stereocenters. The summed E-state index contributed by atoms with van der Waals surface area (Å²) in [6.07, 6.45) is 1.90. The summed E-state index contributed by atoms with van der Waals surface area (Å²) in [5.74, 6) is 0. The predicted molar refractivity (Wildman–Crippen MR) is 77.6 cm³/mol. The third-order valence-corrected chi connectivity index (χ3v) is 5.59. The highest BCUT2D eigenvalue weighted by atomic mass is 35.5. The molecular weight excluding hydrogens is 284 g/mol. The molecule has 0 spiro atoms. The first-order chi connectivity index (χ1) is 8.72. The van der Waals surface area contributed by atoms with Gasteiger partial charge in [-0.3, -0.25) is 0 Å². The Hall–Kier alpha value is -0.780. The first-order valence-corrected chi connectivity index (χ1v) is 8.09. The lowest BCUT2D eigenvalue weighted by atomic mass is 9.85. The Kier molecular flexibility index (Phi) is 3.82. The summed E-state index contributed by atoms with van der Waals surface area (Å²) in [6.45, 7) is 5.21. The number of nitrogen functional groups attached to an aromatic ring is 1. The van der Waals surface area contributed by atoms with Crippen LogP contribution in [-0.2, 0) is 10.0 Å². The molecule has 106 valence electrons. The molecule has 0 atom stereocenters. The summed E-state index contributed by atoms with van der Waals surface area (Å²) in [5.41, 5.74) is 6.03. The molecule has 2 rings (SSSR count). The zero-order chi connectivity index (χ0) is 14.3. The van der Waals surface area contributed by atoms with Gasteiger partial charge in [0.2, 0.25) is 10.0 Å². The quantitative estimate of drug-likeness (QED) is 0.854. The highest BCUT2D eigenvalue weighted by molar-refractivity contribution is 7.89. The molecule has 6 heteroatoms. The average Bonchev–Trinajstić information content (AvgIpc) is 2.31. The zero-order valence-corrected chi connectivity index (χ0v) is 12.8. The lowest BCUT2D eigenvalue weighted by Crippen LogP contribution is -2.43. The second-order valence-electron chi connectivity index (χ2n) is 5.79. The van der Waals surface area contributed by atoms with E-state index in [0.29, 0.717) is 18.1 Å². The molecule has 1 aliphatic heterocycles. The number of hydrogen-bond acceptors (Lipinski definition) is 3. The Bertz CT molecular complexity index is 584.